The van der Waals surface area contributed by atoms with Crippen LogP contribution in [0.1, 0.15) is 33.7 Å². The summed E-state index contributed by atoms with van der Waals surface area (Å²) in [6.07, 6.45) is 1.52. The van der Waals surface area contributed by atoms with Gasteiger partial charge in [-0.15, -0.1) is 0 Å². The van der Waals surface area contributed by atoms with E-state index in [-0.39, 0.29) is 11.7 Å². The molecular weight excluding hydrogens is 377 g/mol. The van der Waals surface area contributed by atoms with Crippen LogP contribution in [0.5, 0.6) is 0 Å². The molecule has 0 fully saturated rings. The number of nitrogens with one attached hydrogen (secondary N) is 1. The largest absolute Gasteiger partial charge is 0.352 e. The Bertz CT molecular complexity index is 1150. The van der Waals surface area contributed by atoms with Gasteiger partial charge >= 0.3 is 0 Å². The third kappa shape index (κ3) is 4.57. The Morgan fingerprint density at radius 2 is 1.73 bits per heavy atom. The smallest absolute Gasteiger partial charge is 0.251 e. The van der Waals surface area contributed by atoms with Crippen molar-refractivity contribution in [3.63, 3.8) is 0 Å². The molecule has 0 aliphatic heterocycles. The molecule has 4 aromatic rings. The summed E-state index contributed by atoms with van der Waals surface area (Å²) in [7, 11) is 0. The topological polar surface area (TPSA) is 46.9 Å². The molecule has 0 radical (unpaired) electrons. The maximum Gasteiger partial charge on any atom is 0.251 e. The van der Waals surface area contributed by atoms with Gasteiger partial charge in [0.05, 0.1) is 11.0 Å². The van der Waals surface area contributed by atoms with E-state index in [9.17, 15) is 9.18 Å². The van der Waals surface area contributed by atoms with Gasteiger partial charge in [0.1, 0.15) is 11.6 Å². The number of aryl methyl sites for hydroxylation is 2. The fraction of sp³-hybridized carbons (Fsp3) is 0.200. The molecule has 0 atom stereocenters. The summed E-state index contributed by atoms with van der Waals surface area (Å²) in [5, 5.41) is 2.90. The predicted octanol–water partition coefficient (Wildman–Crippen LogP) is 4.89. The van der Waals surface area contributed by atoms with Crippen molar-refractivity contribution >= 4 is 16.9 Å². The number of imidazole rings is 1. The summed E-state index contributed by atoms with van der Waals surface area (Å²) in [6, 6.07) is 22.3. The first-order chi connectivity index (χ1) is 14.6. The minimum Gasteiger partial charge on any atom is -0.352 e. The van der Waals surface area contributed by atoms with Gasteiger partial charge in [-0.05, 0) is 55.3 Å². The van der Waals surface area contributed by atoms with Crippen molar-refractivity contribution in [1.29, 1.82) is 0 Å². The Morgan fingerprint density at radius 1 is 1.00 bits per heavy atom. The maximum atomic E-state index is 13.0. The molecule has 1 amide bonds. The van der Waals surface area contributed by atoms with Crippen LogP contribution in [0.15, 0.2) is 72.8 Å². The first-order valence-electron chi connectivity index (χ1n) is 10.1. The average Bonchev–Trinajstić information content (AvgIpc) is 3.10. The van der Waals surface area contributed by atoms with Gasteiger partial charge in [0.15, 0.2) is 0 Å². The van der Waals surface area contributed by atoms with Crippen LogP contribution in [0.3, 0.4) is 0 Å². The van der Waals surface area contributed by atoms with Crippen LogP contribution in [0.4, 0.5) is 4.39 Å². The standard InChI is InChI=1S/C25H24FN3O/c1-18-8-10-19(11-9-18)17-29-23-6-3-2-5-22(23)28-24(29)7-4-16-27-25(30)20-12-14-21(26)15-13-20/h2-3,5-6,8-15H,4,7,16-17H2,1H3,(H,27,30). The summed E-state index contributed by atoms with van der Waals surface area (Å²) < 4.78 is 15.3. The maximum absolute atomic E-state index is 13.0. The monoisotopic (exact) mass is 401 g/mol. The number of para-hydroxylation sites is 2. The van der Waals surface area contributed by atoms with Crippen LogP contribution in [0, 0.1) is 12.7 Å². The Hall–Kier alpha value is -3.47. The lowest BCUT2D eigenvalue weighted by atomic mass is 10.1. The van der Waals surface area contributed by atoms with E-state index < -0.39 is 0 Å². The minimum absolute atomic E-state index is 0.192. The van der Waals surface area contributed by atoms with Gasteiger partial charge in [0.25, 0.3) is 5.91 Å². The molecule has 0 saturated carbocycles. The van der Waals surface area contributed by atoms with Gasteiger partial charge in [-0.25, -0.2) is 9.37 Å². The van der Waals surface area contributed by atoms with E-state index in [0.717, 1.165) is 36.2 Å². The number of rotatable bonds is 7. The van der Waals surface area contributed by atoms with E-state index in [1.807, 2.05) is 18.2 Å². The van der Waals surface area contributed by atoms with E-state index in [1.165, 1.54) is 35.4 Å². The molecular formula is C25H24FN3O. The second-order valence-electron chi connectivity index (χ2n) is 7.45. The lowest BCUT2D eigenvalue weighted by molar-refractivity contribution is 0.0953. The van der Waals surface area contributed by atoms with Crippen molar-refractivity contribution in [1.82, 2.24) is 14.9 Å². The highest BCUT2D eigenvalue weighted by Crippen LogP contribution is 2.19. The zero-order valence-electron chi connectivity index (χ0n) is 16.9. The van der Waals surface area contributed by atoms with E-state index in [2.05, 4.69) is 47.1 Å². The van der Waals surface area contributed by atoms with Crippen LogP contribution in [-0.4, -0.2) is 22.0 Å². The number of carbonyl (C=O) groups is 1. The summed E-state index contributed by atoms with van der Waals surface area (Å²) in [5.41, 5.74) is 5.03. The van der Waals surface area contributed by atoms with Gasteiger partial charge in [-0.3, -0.25) is 4.79 Å². The van der Waals surface area contributed by atoms with Gasteiger partial charge in [0, 0.05) is 25.1 Å². The molecule has 5 heteroatoms. The number of amides is 1. The van der Waals surface area contributed by atoms with Crippen LogP contribution < -0.4 is 5.32 Å². The highest BCUT2D eigenvalue weighted by Gasteiger charge is 2.11. The molecule has 0 unspecified atom stereocenters. The first kappa shape index (κ1) is 19.8. The molecule has 0 bridgehead atoms. The van der Waals surface area contributed by atoms with E-state index >= 15 is 0 Å². The van der Waals surface area contributed by atoms with Gasteiger partial charge in [0.2, 0.25) is 0 Å². The minimum atomic E-state index is -0.348. The number of halogens is 1. The van der Waals surface area contributed by atoms with Crippen molar-refractivity contribution in [2.45, 2.75) is 26.3 Å². The Labute approximate surface area is 175 Å². The Morgan fingerprint density at radius 3 is 2.50 bits per heavy atom. The van der Waals surface area contributed by atoms with Gasteiger partial charge in [-0.2, -0.15) is 0 Å². The molecule has 4 rings (SSSR count). The number of fused-ring (bicyclic) bond motifs is 1. The summed E-state index contributed by atoms with van der Waals surface area (Å²) in [4.78, 5) is 17.0. The summed E-state index contributed by atoms with van der Waals surface area (Å²) in [5.74, 6) is 0.468. The molecule has 0 aliphatic rings. The average molecular weight is 401 g/mol. The fourth-order valence-corrected chi connectivity index (χ4v) is 3.52. The molecule has 4 nitrogen and oxygen atoms in total. The van der Waals surface area contributed by atoms with E-state index in [1.54, 1.807) is 0 Å². The molecule has 152 valence electrons. The molecule has 1 aromatic heterocycles. The van der Waals surface area contributed by atoms with Crippen LogP contribution >= 0.6 is 0 Å². The molecule has 0 saturated heterocycles. The SMILES string of the molecule is Cc1ccc(Cn2c(CCCNC(=O)c3ccc(F)cc3)nc3ccccc32)cc1. The van der Waals surface area contributed by atoms with Gasteiger partial charge < -0.3 is 9.88 Å². The van der Waals surface area contributed by atoms with Crippen molar-refractivity contribution < 1.29 is 9.18 Å². The van der Waals surface area contributed by atoms with E-state index in [0.29, 0.717) is 12.1 Å². The number of hydrogen-bond donors (Lipinski definition) is 1. The van der Waals surface area contributed by atoms with E-state index in [4.69, 9.17) is 4.98 Å². The third-order valence-electron chi connectivity index (χ3n) is 5.16. The Balaban J connectivity index is 1.43. The summed E-state index contributed by atoms with van der Waals surface area (Å²) >= 11 is 0. The van der Waals surface area contributed by atoms with Gasteiger partial charge in [-0.1, -0.05) is 42.0 Å². The van der Waals surface area contributed by atoms with Crippen LogP contribution in [0.25, 0.3) is 11.0 Å². The fourth-order valence-electron chi connectivity index (χ4n) is 3.52. The van der Waals surface area contributed by atoms with Crippen LogP contribution in [-0.2, 0) is 13.0 Å². The highest BCUT2D eigenvalue weighted by molar-refractivity contribution is 5.94. The number of aromatic nitrogens is 2. The number of carbonyl (C=O) groups excluding carboxylic acids is 1. The van der Waals surface area contributed by atoms with Crippen molar-refractivity contribution in [2.75, 3.05) is 6.54 Å². The number of nitrogens with zero attached hydrogens (tertiary/aromatic N) is 2. The lowest BCUT2D eigenvalue weighted by Crippen LogP contribution is -2.25. The zero-order chi connectivity index (χ0) is 20.9. The van der Waals surface area contributed by atoms with Crippen molar-refractivity contribution in [3.05, 3.63) is 101 Å². The third-order valence-corrected chi connectivity index (χ3v) is 5.16. The number of benzene rings is 3. The lowest BCUT2D eigenvalue weighted by Gasteiger charge is -2.10. The highest BCUT2D eigenvalue weighted by atomic mass is 19.1. The second kappa shape index (κ2) is 8.91. The molecule has 0 aliphatic carbocycles. The molecule has 3 aromatic carbocycles. The molecule has 30 heavy (non-hydrogen) atoms. The predicted molar refractivity (Wildman–Crippen MR) is 117 cm³/mol. The number of hydrogen-bond acceptors (Lipinski definition) is 2. The molecule has 1 heterocycles. The molecule has 0 spiro atoms. The molecule has 1 N–H and O–H groups in total. The zero-order valence-corrected chi connectivity index (χ0v) is 16.9. The van der Waals surface area contributed by atoms with Crippen molar-refractivity contribution in [3.8, 4) is 0 Å². The van der Waals surface area contributed by atoms with Crippen LogP contribution in [0.2, 0.25) is 0 Å². The Kier molecular flexibility index (Phi) is 5.89. The summed E-state index contributed by atoms with van der Waals surface area (Å²) in [6.45, 7) is 3.38. The quantitative estimate of drug-likeness (QED) is 0.448. The first-order valence-corrected chi connectivity index (χ1v) is 10.1. The normalized spacial score (nSPS) is 11.0. The second-order valence-corrected chi connectivity index (χ2v) is 7.45. The van der Waals surface area contributed by atoms with Crippen molar-refractivity contribution in [2.24, 2.45) is 0 Å².